The van der Waals surface area contributed by atoms with Crippen LogP contribution in [0.2, 0.25) is 0 Å². The van der Waals surface area contributed by atoms with Crippen LogP contribution in [0.4, 0.5) is 0 Å². The highest BCUT2D eigenvalue weighted by Crippen LogP contribution is 2.26. The van der Waals surface area contributed by atoms with Crippen molar-refractivity contribution in [2.45, 2.75) is 32.2 Å². The molecule has 1 aromatic carbocycles. The van der Waals surface area contributed by atoms with E-state index in [9.17, 15) is 4.79 Å². The first kappa shape index (κ1) is 14.8. The maximum Gasteiger partial charge on any atom is 0.330 e. The van der Waals surface area contributed by atoms with E-state index >= 15 is 0 Å². The normalized spacial score (nSPS) is 21.1. The minimum atomic E-state index is -0.318. The highest BCUT2D eigenvalue weighted by atomic mass is 16.6. The van der Waals surface area contributed by atoms with Crippen LogP contribution in [0, 0.1) is 0 Å². The molecule has 108 valence electrons. The molecule has 0 bridgehead atoms. The maximum absolute atomic E-state index is 11.1. The number of carbonyl (C=O) groups is 1. The molecule has 1 aliphatic rings. The van der Waals surface area contributed by atoms with Gasteiger partial charge in [0, 0.05) is 12.7 Å². The van der Waals surface area contributed by atoms with Crippen molar-refractivity contribution in [3.8, 4) is 0 Å². The van der Waals surface area contributed by atoms with Crippen molar-refractivity contribution < 1.29 is 19.0 Å². The van der Waals surface area contributed by atoms with Gasteiger partial charge in [0.1, 0.15) is 6.10 Å². The highest BCUT2D eigenvalue weighted by molar-refractivity contribution is 5.82. The molecule has 0 saturated carbocycles. The predicted octanol–water partition coefficient (Wildman–Crippen LogP) is 2.48. The molecule has 1 aliphatic heterocycles. The van der Waals surface area contributed by atoms with Crippen LogP contribution in [0.1, 0.15) is 18.9 Å². The molecule has 0 radical (unpaired) electrons. The third kappa shape index (κ3) is 5.15. The fraction of sp³-hybridized carbons (Fsp3) is 0.438. The third-order valence-electron chi connectivity index (χ3n) is 2.99. The molecule has 0 aromatic heterocycles. The van der Waals surface area contributed by atoms with Crippen LogP contribution in [0.3, 0.4) is 0 Å². The van der Waals surface area contributed by atoms with E-state index in [1.165, 1.54) is 11.6 Å². The van der Waals surface area contributed by atoms with Crippen molar-refractivity contribution in [3.05, 3.63) is 48.0 Å². The van der Waals surface area contributed by atoms with E-state index < -0.39 is 0 Å². The first-order chi connectivity index (χ1) is 9.79. The van der Waals surface area contributed by atoms with E-state index in [0.29, 0.717) is 19.8 Å². The number of epoxide rings is 1. The van der Waals surface area contributed by atoms with Gasteiger partial charge >= 0.3 is 5.97 Å². The Morgan fingerprint density at radius 3 is 2.90 bits per heavy atom. The van der Waals surface area contributed by atoms with E-state index in [0.717, 1.165) is 6.42 Å². The second kappa shape index (κ2) is 7.82. The molecule has 0 unspecified atom stereocenters. The lowest BCUT2D eigenvalue weighted by Crippen LogP contribution is -2.02. The molecule has 20 heavy (non-hydrogen) atoms. The van der Waals surface area contributed by atoms with Crippen LogP contribution in [0.5, 0.6) is 0 Å². The van der Waals surface area contributed by atoms with E-state index in [1.54, 1.807) is 13.0 Å². The summed E-state index contributed by atoms with van der Waals surface area (Å²) in [6.45, 7) is 3.46. The summed E-state index contributed by atoms with van der Waals surface area (Å²) in [6.07, 6.45) is 4.21. The quantitative estimate of drug-likeness (QED) is 0.317. The van der Waals surface area contributed by atoms with Gasteiger partial charge in [-0.05, 0) is 25.0 Å². The van der Waals surface area contributed by atoms with E-state index in [-0.39, 0.29) is 18.2 Å². The lowest BCUT2D eigenvalue weighted by atomic mass is 10.2. The second-order valence-corrected chi connectivity index (χ2v) is 4.58. The molecule has 0 spiro atoms. The standard InChI is InChI=1S/C16H20O4/c1-2-19-16(17)9-8-14-15(20-14)10-11-18-12-13-6-4-3-5-7-13/h3-9,14-15H,2,10-12H2,1H3/b9-8+/t14-,15+/m1/s1. The Morgan fingerprint density at radius 2 is 2.15 bits per heavy atom. The summed E-state index contributed by atoms with van der Waals surface area (Å²) in [5, 5.41) is 0. The molecule has 2 atom stereocenters. The summed E-state index contributed by atoms with van der Waals surface area (Å²) < 4.78 is 15.8. The van der Waals surface area contributed by atoms with Gasteiger partial charge in [0.05, 0.1) is 19.3 Å². The first-order valence-electron chi connectivity index (χ1n) is 6.91. The van der Waals surface area contributed by atoms with Gasteiger partial charge in [-0.25, -0.2) is 4.79 Å². The molecule has 1 saturated heterocycles. The van der Waals surface area contributed by atoms with Gasteiger partial charge in [0.15, 0.2) is 0 Å². The van der Waals surface area contributed by atoms with E-state index in [2.05, 4.69) is 0 Å². The largest absolute Gasteiger partial charge is 0.463 e. The monoisotopic (exact) mass is 276 g/mol. The van der Waals surface area contributed by atoms with Crippen LogP contribution in [-0.4, -0.2) is 31.4 Å². The molecule has 4 heteroatoms. The van der Waals surface area contributed by atoms with E-state index in [1.807, 2.05) is 30.3 Å². The van der Waals surface area contributed by atoms with Crippen LogP contribution >= 0.6 is 0 Å². The number of rotatable bonds is 8. The Labute approximate surface area is 119 Å². The topological polar surface area (TPSA) is 48.1 Å². The number of hydrogen-bond acceptors (Lipinski definition) is 4. The molecule has 1 fully saturated rings. The van der Waals surface area contributed by atoms with Crippen LogP contribution < -0.4 is 0 Å². The number of esters is 1. The minimum absolute atomic E-state index is 0.0275. The number of ether oxygens (including phenoxy) is 3. The average Bonchev–Trinajstić information content (AvgIpc) is 3.22. The molecule has 2 rings (SSSR count). The Hall–Kier alpha value is -1.65. The summed E-state index contributed by atoms with van der Waals surface area (Å²) in [5.74, 6) is -0.318. The molecular formula is C16H20O4. The molecule has 0 N–H and O–H groups in total. The molecule has 1 heterocycles. The summed E-state index contributed by atoms with van der Waals surface area (Å²) >= 11 is 0. The van der Waals surface area contributed by atoms with Crippen LogP contribution in [0.15, 0.2) is 42.5 Å². The second-order valence-electron chi connectivity index (χ2n) is 4.58. The van der Waals surface area contributed by atoms with E-state index in [4.69, 9.17) is 14.2 Å². The predicted molar refractivity (Wildman–Crippen MR) is 75.1 cm³/mol. The summed E-state index contributed by atoms with van der Waals surface area (Å²) in [7, 11) is 0. The zero-order chi connectivity index (χ0) is 14.2. The van der Waals surface area contributed by atoms with Gasteiger partial charge in [-0.1, -0.05) is 30.3 Å². The van der Waals surface area contributed by atoms with Gasteiger partial charge in [-0.15, -0.1) is 0 Å². The average molecular weight is 276 g/mol. The van der Waals surface area contributed by atoms with Gasteiger partial charge in [-0.3, -0.25) is 0 Å². The highest BCUT2D eigenvalue weighted by Gasteiger charge is 2.35. The Balaban J connectivity index is 1.55. The lowest BCUT2D eigenvalue weighted by molar-refractivity contribution is -0.137. The van der Waals surface area contributed by atoms with Crippen molar-refractivity contribution >= 4 is 5.97 Å². The minimum Gasteiger partial charge on any atom is -0.463 e. The van der Waals surface area contributed by atoms with Crippen LogP contribution in [0.25, 0.3) is 0 Å². The van der Waals surface area contributed by atoms with Gasteiger partial charge in [0.2, 0.25) is 0 Å². The number of carbonyl (C=O) groups excluding carboxylic acids is 1. The van der Waals surface area contributed by atoms with Crippen LogP contribution in [-0.2, 0) is 25.6 Å². The van der Waals surface area contributed by atoms with Gasteiger partial charge < -0.3 is 14.2 Å². The summed E-state index contributed by atoms with van der Waals surface area (Å²) in [5.41, 5.74) is 1.17. The Bertz CT molecular complexity index is 441. The summed E-state index contributed by atoms with van der Waals surface area (Å²) in [6, 6.07) is 10.1. The first-order valence-corrected chi connectivity index (χ1v) is 6.91. The zero-order valence-electron chi connectivity index (χ0n) is 11.7. The summed E-state index contributed by atoms with van der Waals surface area (Å²) in [4.78, 5) is 11.1. The molecule has 0 amide bonds. The van der Waals surface area contributed by atoms with Gasteiger partial charge in [0.25, 0.3) is 0 Å². The molecular weight excluding hydrogens is 256 g/mol. The van der Waals surface area contributed by atoms with Crippen molar-refractivity contribution in [2.24, 2.45) is 0 Å². The number of hydrogen-bond donors (Lipinski definition) is 0. The SMILES string of the molecule is CCOC(=O)/C=C/[C@H]1O[C@H]1CCOCc1ccccc1. The van der Waals surface area contributed by atoms with Crippen molar-refractivity contribution in [2.75, 3.05) is 13.2 Å². The molecule has 4 nitrogen and oxygen atoms in total. The lowest BCUT2D eigenvalue weighted by Gasteiger charge is -2.02. The Morgan fingerprint density at radius 1 is 1.35 bits per heavy atom. The maximum atomic E-state index is 11.1. The third-order valence-corrected chi connectivity index (χ3v) is 2.99. The molecule has 0 aliphatic carbocycles. The Kier molecular flexibility index (Phi) is 5.77. The van der Waals surface area contributed by atoms with Crippen molar-refractivity contribution in [1.29, 1.82) is 0 Å². The van der Waals surface area contributed by atoms with Crippen molar-refractivity contribution in [3.63, 3.8) is 0 Å². The van der Waals surface area contributed by atoms with Gasteiger partial charge in [-0.2, -0.15) is 0 Å². The fourth-order valence-electron chi connectivity index (χ4n) is 1.89. The zero-order valence-corrected chi connectivity index (χ0v) is 11.7. The fourth-order valence-corrected chi connectivity index (χ4v) is 1.89. The smallest absolute Gasteiger partial charge is 0.330 e. The molecule has 1 aromatic rings. The number of benzene rings is 1. The van der Waals surface area contributed by atoms with Crippen molar-refractivity contribution in [1.82, 2.24) is 0 Å².